The molecule has 0 bridgehead atoms. The summed E-state index contributed by atoms with van der Waals surface area (Å²) in [5.74, 6) is -1.64. The molecular formula is C45H52F2N6O10. The van der Waals surface area contributed by atoms with Crippen LogP contribution in [-0.4, -0.2) is 135 Å². The first-order valence-corrected chi connectivity index (χ1v) is 20.3. The minimum atomic E-state index is -0.819. The van der Waals surface area contributed by atoms with Gasteiger partial charge in [0.1, 0.15) is 31.1 Å². The van der Waals surface area contributed by atoms with E-state index in [9.17, 15) is 28.0 Å². The molecule has 18 heteroatoms. The molecule has 4 amide bonds. The lowest BCUT2D eigenvalue weighted by Gasteiger charge is -2.35. The number of aliphatic hydroxyl groups excluding tert-OH is 2. The molecule has 4 fully saturated rings. The molecule has 4 heterocycles. The molecule has 0 radical (unpaired) electrons. The van der Waals surface area contributed by atoms with Gasteiger partial charge < -0.3 is 48.8 Å². The van der Waals surface area contributed by atoms with Gasteiger partial charge in [0, 0.05) is 75.9 Å². The topological polar surface area (TPSA) is 165 Å². The fraction of sp³-hybridized carbons (Fsp3) is 0.378. The van der Waals surface area contributed by atoms with Crippen LogP contribution in [0.15, 0.2) is 97.1 Å². The maximum atomic E-state index is 14.8. The zero-order chi connectivity index (χ0) is 43.6. The molecule has 2 atom stereocenters. The highest BCUT2D eigenvalue weighted by molar-refractivity contribution is 5.90. The number of amides is 4. The summed E-state index contributed by atoms with van der Waals surface area (Å²) in [6.45, 7) is 3.79. The number of aliphatic hydroxyl groups is 2. The summed E-state index contributed by atoms with van der Waals surface area (Å²) in [4.78, 5) is 57.9. The van der Waals surface area contributed by atoms with Crippen LogP contribution >= 0.6 is 0 Å². The van der Waals surface area contributed by atoms with Crippen molar-refractivity contribution in [2.24, 2.45) is 0 Å². The molecule has 0 aromatic heterocycles. The lowest BCUT2D eigenvalue weighted by atomic mass is 10.2. The number of halogens is 2. The Labute approximate surface area is 364 Å². The first-order valence-electron chi connectivity index (χ1n) is 20.3. The van der Waals surface area contributed by atoms with Crippen LogP contribution in [0.2, 0.25) is 0 Å². The molecular weight excluding hydrogens is 823 g/mol. The second-order valence-corrected chi connectivity index (χ2v) is 14.9. The molecule has 0 aliphatic carbocycles. The Kier molecular flexibility index (Phi) is 15.6. The number of carbonyl (C=O) groups excluding carboxylic acids is 4. The van der Waals surface area contributed by atoms with E-state index in [0.717, 1.165) is 39.5 Å². The largest absolute Gasteiger partial charge is 0.445 e. The van der Waals surface area contributed by atoms with Crippen molar-refractivity contribution in [3.63, 3.8) is 0 Å². The maximum absolute atomic E-state index is 14.8. The molecule has 0 spiro atoms. The van der Waals surface area contributed by atoms with Crippen molar-refractivity contribution in [1.29, 1.82) is 0 Å². The summed E-state index contributed by atoms with van der Waals surface area (Å²) in [5, 5.41) is 18.3. The Morgan fingerprint density at radius 2 is 0.968 bits per heavy atom. The molecule has 0 unspecified atom stereocenters. The van der Waals surface area contributed by atoms with E-state index in [4.69, 9.17) is 29.2 Å². The van der Waals surface area contributed by atoms with Crippen LogP contribution < -0.4 is 19.6 Å². The number of carbonyl (C=O) groups is 4. The van der Waals surface area contributed by atoms with Crippen LogP contribution in [0.1, 0.15) is 18.6 Å². The number of benzene rings is 4. The molecule has 336 valence electrons. The van der Waals surface area contributed by atoms with Crippen molar-refractivity contribution in [1.82, 2.24) is 9.80 Å². The predicted octanol–water partition coefficient (Wildman–Crippen LogP) is 5.84. The molecule has 0 saturated carbocycles. The maximum Gasteiger partial charge on any atom is 0.414 e. The highest BCUT2D eigenvalue weighted by Gasteiger charge is 2.35. The lowest BCUT2D eigenvalue weighted by molar-refractivity contribution is 0.0935. The highest BCUT2D eigenvalue weighted by atomic mass is 19.1. The number of ether oxygens (including phenoxy) is 4. The van der Waals surface area contributed by atoms with Gasteiger partial charge in [-0.3, -0.25) is 9.80 Å². The Bertz CT molecular complexity index is 2130. The van der Waals surface area contributed by atoms with Crippen LogP contribution in [0.4, 0.5) is 50.7 Å². The summed E-state index contributed by atoms with van der Waals surface area (Å²) in [6.07, 6.45) is -3.19. The Morgan fingerprint density at radius 3 is 1.38 bits per heavy atom. The number of hydrogen-bond acceptors (Lipinski definition) is 12. The first-order chi connectivity index (χ1) is 30.1. The van der Waals surface area contributed by atoms with Gasteiger partial charge in [0.15, 0.2) is 11.6 Å². The van der Waals surface area contributed by atoms with E-state index in [1.54, 1.807) is 4.90 Å². The summed E-state index contributed by atoms with van der Waals surface area (Å²) in [5.41, 5.74) is 3.42. The van der Waals surface area contributed by atoms with Crippen molar-refractivity contribution in [3.05, 3.63) is 120 Å². The smallest absolute Gasteiger partial charge is 0.414 e. The fourth-order valence-electron chi connectivity index (χ4n) is 7.39. The predicted molar refractivity (Wildman–Crippen MR) is 230 cm³/mol. The standard InChI is InChI=1S/C22H23F2N3O5.C22H25N3O5.CH4/c23-18-10-16(27-12-17(13-28)32-22(27)30)11-19(24)20(18)25-6-8-26(9-7-25)21(29)31-14-15-4-2-1-3-5-15;26-15-20-14-25(22(28)30-20)19-8-6-18(7-9-19)23-10-12-24(13-11-23)21(27)29-16-17-4-2-1-3-5-17;/h1-5,10-11,17,28H,6-9,12-14H2;1-9,20,26H,10-16H2;1H4/t17-;20-;/m11./s1. The van der Waals surface area contributed by atoms with E-state index in [1.807, 2.05) is 84.9 Å². The summed E-state index contributed by atoms with van der Waals surface area (Å²) in [6, 6.07) is 28.7. The number of piperazine rings is 2. The van der Waals surface area contributed by atoms with Crippen LogP contribution in [0.25, 0.3) is 0 Å². The molecule has 8 rings (SSSR count). The molecule has 4 aromatic rings. The van der Waals surface area contributed by atoms with Gasteiger partial charge in [-0.2, -0.15) is 0 Å². The van der Waals surface area contributed by atoms with Crippen molar-refractivity contribution < 1.29 is 57.1 Å². The fourth-order valence-corrected chi connectivity index (χ4v) is 7.39. The van der Waals surface area contributed by atoms with Gasteiger partial charge in [0.25, 0.3) is 0 Å². The molecule has 4 aliphatic heterocycles. The zero-order valence-electron chi connectivity index (χ0n) is 33.9. The number of rotatable bonds is 10. The molecule has 4 saturated heterocycles. The number of nitrogens with zero attached hydrogens (tertiary/aromatic N) is 6. The Morgan fingerprint density at radius 1 is 0.571 bits per heavy atom. The molecule has 4 aliphatic rings. The van der Waals surface area contributed by atoms with Crippen LogP contribution in [-0.2, 0) is 32.2 Å². The zero-order valence-corrected chi connectivity index (χ0v) is 33.9. The Hall–Kier alpha value is -6.66. The van der Waals surface area contributed by atoms with E-state index >= 15 is 0 Å². The average Bonchev–Trinajstić information content (AvgIpc) is 3.89. The third-order valence-electron chi connectivity index (χ3n) is 10.8. The third kappa shape index (κ3) is 11.4. The van der Waals surface area contributed by atoms with Crippen LogP contribution in [0, 0.1) is 11.6 Å². The van der Waals surface area contributed by atoms with Crippen LogP contribution in [0.3, 0.4) is 0 Å². The van der Waals surface area contributed by atoms with E-state index < -0.39 is 42.1 Å². The minimum Gasteiger partial charge on any atom is -0.445 e. The summed E-state index contributed by atoms with van der Waals surface area (Å²) >= 11 is 0. The summed E-state index contributed by atoms with van der Waals surface area (Å²) in [7, 11) is 0. The van der Waals surface area contributed by atoms with Crippen molar-refractivity contribution >= 4 is 47.1 Å². The number of hydrogen-bond donors (Lipinski definition) is 2. The lowest BCUT2D eigenvalue weighted by Crippen LogP contribution is -2.49. The number of cyclic esters (lactones) is 2. The van der Waals surface area contributed by atoms with Gasteiger partial charge in [0.2, 0.25) is 0 Å². The third-order valence-corrected chi connectivity index (χ3v) is 10.8. The van der Waals surface area contributed by atoms with Crippen molar-refractivity contribution in [2.45, 2.75) is 32.8 Å². The van der Waals surface area contributed by atoms with Crippen molar-refractivity contribution in [3.8, 4) is 0 Å². The van der Waals surface area contributed by atoms with Crippen molar-refractivity contribution in [2.75, 3.05) is 98.3 Å². The molecule has 4 aromatic carbocycles. The molecule has 63 heavy (non-hydrogen) atoms. The SMILES string of the molecule is C.O=C(OCc1ccccc1)N1CCN(c2c(F)cc(N3C[C@H](CO)OC3=O)cc2F)CC1.O=C(OCc1ccccc1)N1CCN(c2ccc(N3C[C@H](CO)OC3=O)cc2)CC1. The normalized spacial score (nSPS) is 18.5. The second kappa shape index (κ2) is 21.4. The first kappa shape index (κ1) is 45.9. The molecule has 2 N–H and O–H groups in total. The van der Waals surface area contributed by atoms with E-state index in [0.29, 0.717) is 32.7 Å². The minimum absolute atomic E-state index is 0. The highest BCUT2D eigenvalue weighted by Crippen LogP contribution is 2.32. The van der Waals surface area contributed by atoms with E-state index in [2.05, 4.69) is 4.90 Å². The van der Waals surface area contributed by atoms with E-state index in [-0.39, 0.29) is 84.0 Å². The quantitative estimate of drug-likeness (QED) is 0.183. The van der Waals surface area contributed by atoms with Crippen LogP contribution in [0.5, 0.6) is 0 Å². The van der Waals surface area contributed by atoms with Gasteiger partial charge in [-0.25, -0.2) is 28.0 Å². The average molecular weight is 875 g/mol. The van der Waals surface area contributed by atoms with Gasteiger partial charge in [-0.15, -0.1) is 0 Å². The number of anilines is 4. The summed E-state index contributed by atoms with van der Waals surface area (Å²) < 4.78 is 50.3. The van der Waals surface area contributed by atoms with Gasteiger partial charge in [-0.1, -0.05) is 68.1 Å². The van der Waals surface area contributed by atoms with Gasteiger partial charge >= 0.3 is 24.4 Å². The van der Waals surface area contributed by atoms with E-state index in [1.165, 1.54) is 14.7 Å². The Balaban J connectivity index is 0.000000207. The molecule has 16 nitrogen and oxygen atoms in total. The van der Waals surface area contributed by atoms with Gasteiger partial charge in [0.05, 0.1) is 32.0 Å². The monoisotopic (exact) mass is 874 g/mol. The second-order valence-electron chi connectivity index (χ2n) is 14.9. The van der Waals surface area contributed by atoms with Gasteiger partial charge in [-0.05, 0) is 35.4 Å².